The van der Waals surface area contributed by atoms with Gasteiger partial charge in [0.25, 0.3) is 0 Å². The Kier molecular flexibility index (Phi) is 23.9. The van der Waals surface area contributed by atoms with E-state index in [4.69, 9.17) is 49.4 Å². The van der Waals surface area contributed by atoms with Crippen molar-refractivity contribution in [1.82, 2.24) is 0 Å². The second-order valence-electron chi connectivity index (χ2n) is 25.8. The van der Waals surface area contributed by atoms with Gasteiger partial charge in [0.2, 0.25) is 0 Å². The Morgan fingerprint density at radius 2 is 0.538 bits per heavy atom. The molecule has 0 saturated carbocycles. The SMILES string of the molecule is C[Si](C)(C)O[SiH](O[SiH3])[Si](O[Si](C)(C)C)(O[Si](C)(C)C)C(=C([Si](O[Si](C)(C)C)(O[Si](C)(C)C)[SiH](O[SiH3])O[Si](C)(C)C)[Si](O[Si](C)(C)C)(O[Si](C)(C)C)[SiH](O[SiH3])O[Si](C)(C)C)c1ccccc1. The van der Waals surface area contributed by atoms with Crippen LogP contribution >= 0.6 is 0 Å². The second-order valence-corrected chi connectivity index (χ2v) is 96.3. The van der Waals surface area contributed by atoms with Crippen molar-refractivity contribution in [3.05, 3.63) is 40.7 Å². The third-order valence-corrected chi connectivity index (χ3v) is 79.6. The van der Waals surface area contributed by atoms with Crippen LogP contribution in [0.15, 0.2) is 35.2 Å². The van der Waals surface area contributed by atoms with Gasteiger partial charge >= 0.3 is 50.6 Å². The van der Waals surface area contributed by atoms with E-state index in [-0.39, 0.29) is 0 Å². The van der Waals surface area contributed by atoms with E-state index < -0.39 is 125 Å². The van der Waals surface area contributed by atoms with Crippen LogP contribution in [-0.4, -0.2) is 157 Å². The quantitative estimate of drug-likeness (QED) is 0.0821. The van der Waals surface area contributed by atoms with E-state index in [0.717, 1.165) is 15.6 Å². The van der Waals surface area contributed by atoms with E-state index in [1.165, 1.54) is 0 Å². The molecule has 0 heterocycles. The summed E-state index contributed by atoms with van der Waals surface area (Å²) in [7, 11) is -43.1. The maximum Gasteiger partial charge on any atom is 0.391 e. The molecule has 0 aromatic heterocycles. The van der Waals surface area contributed by atoms with Crippen molar-refractivity contribution in [2.75, 3.05) is 0 Å². The van der Waals surface area contributed by atoms with Crippen molar-refractivity contribution in [1.29, 1.82) is 0 Å². The van der Waals surface area contributed by atoms with Crippen molar-refractivity contribution < 1.29 is 49.4 Å². The third kappa shape index (κ3) is 22.2. The number of hydrogen-bond donors (Lipinski definition) is 0. The normalized spacial score (nSPS) is 16.5. The minimum Gasteiger partial charge on any atom is -0.446 e. The lowest BCUT2D eigenvalue weighted by atomic mass is 10.2. The summed E-state index contributed by atoms with van der Waals surface area (Å²) in [6, 6.07) is 10.8. The van der Waals surface area contributed by atoms with Crippen molar-refractivity contribution in [3.63, 3.8) is 0 Å². The van der Waals surface area contributed by atoms with Crippen LogP contribution in [0.5, 0.6) is 0 Å². The average molecular weight is 1220 g/mol. The lowest BCUT2D eigenvalue weighted by Crippen LogP contribution is -2.80. The van der Waals surface area contributed by atoms with Crippen LogP contribution in [0.2, 0.25) is 177 Å². The zero-order chi connectivity index (χ0) is 51.5. The Morgan fingerprint density at radius 3 is 0.738 bits per heavy atom. The summed E-state index contributed by atoms with van der Waals surface area (Å²) in [4.78, 5) is 0.945. The molecule has 382 valence electrons. The first-order valence-electron chi connectivity index (χ1n) is 23.2. The van der Waals surface area contributed by atoms with E-state index in [1.54, 1.807) is 0 Å². The van der Waals surface area contributed by atoms with Gasteiger partial charge in [-0.1, -0.05) is 30.3 Å². The lowest BCUT2D eigenvalue weighted by molar-refractivity contribution is 0.352. The Hall–Kier alpha value is 2.38. The Morgan fingerprint density at radius 1 is 0.323 bits per heavy atom. The first kappa shape index (κ1) is 65.4. The second kappa shape index (κ2) is 23.7. The summed E-state index contributed by atoms with van der Waals surface area (Å²) >= 11 is 0. The predicted molar refractivity (Wildman–Crippen MR) is 325 cm³/mol. The van der Waals surface area contributed by atoms with Gasteiger partial charge in [-0.3, -0.25) is 0 Å². The summed E-state index contributed by atoms with van der Waals surface area (Å²) in [6.07, 6.45) is 0. The highest BCUT2D eigenvalue weighted by atomic mass is 29.3. The zero-order valence-electron chi connectivity index (χ0n) is 47.0. The monoisotopic (exact) mass is 1210 g/mol. The van der Waals surface area contributed by atoms with Gasteiger partial charge in [-0.05, 0) is 182 Å². The Labute approximate surface area is 425 Å². The minimum absolute atomic E-state index is 0.411. The molecule has 3 unspecified atom stereocenters. The van der Waals surface area contributed by atoms with Gasteiger partial charge < -0.3 is 49.4 Å². The van der Waals surface area contributed by atoms with E-state index >= 15 is 0 Å². The van der Waals surface area contributed by atoms with Crippen LogP contribution in [0.3, 0.4) is 0 Å². The number of rotatable bonds is 28. The molecule has 1 aromatic carbocycles. The predicted octanol–water partition coefficient (Wildman–Crippen LogP) is 6.84. The highest BCUT2D eigenvalue weighted by Gasteiger charge is 2.74. The number of hydrogen-bond acceptors (Lipinski definition) is 12. The largest absolute Gasteiger partial charge is 0.446 e. The summed E-state index contributed by atoms with van der Waals surface area (Å²) < 4.78 is 94.1. The van der Waals surface area contributed by atoms with Crippen LogP contribution in [0, 0.1) is 0 Å². The first-order chi connectivity index (χ1) is 28.6. The van der Waals surface area contributed by atoms with Gasteiger partial charge in [-0.25, -0.2) is 0 Å². The lowest BCUT2D eigenvalue weighted by Gasteiger charge is -2.55. The molecule has 30 heteroatoms. The molecule has 0 fully saturated rings. The van der Waals surface area contributed by atoms with Crippen LogP contribution in [-0.2, 0) is 49.4 Å². The first-order valence-corrected chi connectivity index (χ1v) is 70.1. The standard InChI is InChI=1S/C35H98O12Si18/c1-54(2,3)39-51(36-48)63(42-57(10,11)12,43-58(13,14)15)34(33-31-29-28-30-32-33)35(64(44-59(16,17)18,45-60(19,20)21)52(37-49)40-55(4,5)6)65(46-61(22,23)24,47-62(25,26)27)53(38-50)41-56(7,8)9/h28-32,51-53H,1-27,48-50H3. The molecule has 65 heavy (non-hydrogen) atoms. The third-order valence-electron chi connectivity index (χ3n) is 8.06. The Bertz CT molecular complexity index is 1560. The minimum atomic E-state index is -4.18. The molecule has 1 aromatic rings. The molecule has 0 aliphatic rings. The molecule has 3 atom stereocenters. The maximum absolute atomic E-state index is 8.31. The van der Waals surface area contributed by atoms with Crippen LogP contribution in [0.25, 0.3) is 5.20 Å². The fraction of sp³-hybridized carbons (Fsp3) is 0.771. The fourth-order valence-electron chi connectivity index (χ4n) is 7.26. The molecule has 0 bridgehead atoms. The van der Waals surface area contributed by atoms with Crippen LogP contribution < -0.4 is 0 Å². The van der Waals surface area contributed by atoms with Crippen molar-refractivity contribution in [2.24, 2.45) is 0 Å². The molecular formula is C35H98O12Si18. The molecule has 0 aliphatic heterocycles. The van der Waals surface area contributed by atoms with Gasteiger partial charge in [0.05, 0.1) is 0 Å². The van der Waals surface area contributed by atoms with Gasteiger partial charge in [0.15, 0.2) is 74.9 Å². The van der Waals surface area contributed by atoms with E-state index in [0.29, 0.717) is 31.5 Å². The molecule has 0 aliphatic carbocycles. The average Bonchev–Trinajstić information content (AvgIpc) is 3.01. The van der Waals surface area contributed by atoms with E-state index in [1.807, 2.05) is 0 Å². The molecule has 12 nitrogen and oxygen atoms in total. The zero-order valence-corrected chi connectivity index (χ0v) is 68.5. The van der Waals surface area contributed by atoms with Crippen molar-refractivity contribution in [3.8, 4) is 0 Å². The fourth-order valence-corrected chi connectivity index (χ4v) is 120. The molecule has 0 saturated heterocycles. The maximum atomic E-state index is 8.31. The Balaban J connectivity index is 6.13. The topological polar surface area (TPSA) is 111 Å². The van der Waals surface area contributed by atoms with Crippen molar-refractivity contribution >= 4 is 162 Å². The molecule has 0 amide bonds. The van der Waals surface area contributed by atoms with Gasteiger partial charge in [-0.15, -0.1) is 0 Å². The number of benzene rings is 1. The van der Waals surface area contributed by atoms with E-state index in [2.05, 4.69) is 207 Å². The summed E-state index contributed by atoms with van der Waals surface area (Å²) in [5, 5.41) is 0.950. The van der Waals surface area contributed by atoms with Crippen LogP contribution in [0.1, 0.15) is 5.56 Å². The van der Waals surface area contributed by atoms with Gasteiger partial charge in [0.1, 0.15) is 31.5 Å². The molecule has 0 N–H and O–H groups in total. The molecule has 1 rings (SSSR count). The van der Waals surface area contributed by atoms with Gasteiger partial charge in [0, 0.05) is 10.0 Å². The highest BCUT2D eigenvalue weighted by molar-refractivity contribution is 7.46. The molecular weight excluding hydrogens is 1120 g/mol. The molecule has 0 radical (unpaired) electrons. The summed E-state index contributed by atoms with van der Waals surface area (Å²) in [5.74, 6) is 0. The van der Waals surface area contributed by atoms with E-state index in [9.17, 15) is 0 Å². The highest BCUT2D eigenvalue weighted by Crippen LogP contribution is 2.49. The molecule has 0 spiro atoms. The van der Waals surface area contributed by atoms with Crippen LogP contribution in [0.4, 0.5) is 0 Å². The van der Waals surface area contributed by atoms with Crippen molar-refractivity contribution in [2.45, 2.75) is 177 Å². The summed E-state index contributed by atoms with van der Waals surface area (Å²) in [6.45, 7) is 61.3. The summed E-state index contributed by atoms with van der Waals surface area (Å²) in [5.41, 5.74) is 0.967. The van der Waals surface area contributed by atoms with Gasteiger partial charge in [-0.2, -0.15) is 0 Å². The smallest absolute Gasteiger partial charge is 0.391 e.